The van der Waals surface area contributed by atoms with Gasteiger partial charge in [-0.2, -0.15) is 0 Å². The van der Waals surface area contributed by atoms with Crippen LogP contribution in [0.3, 0.4) is 0 Å². The summed E-state index contributed by atoms with van der Waals surface area (Å²) in [5.41, 5.74) is 2.44. The van der Waals surface area contributed by atoms with Crippen molar-refractivity contribution in [3.63, 3.8) is 0 Å². The zero-order chi connectivity index (χ0) is 18.2. The Morgan fingerprint density at radius 3 is 2.19 bits per heavy atom. The van der Waals surface area contributed by atoms with Gasteiger partial charge in [-0.05, 0) is 23.3 Å². The summed E-state index contributed by atoms with van der Waals surface area (Å²) < 4.78 is 5.83. The summed E-state index contributed by atoms with van der Waals surface area (Å²) in [5, 5.41) is 8.77. The SMILES string of the molecule is O=C(O)CCN1CCN(Cc2ccc(OCc3ccccc3)cc2)CC1. The molecule has 0 amide bonds. The van der Waals surface area contributed by atoms with Gasteiger partial charge in [-0.1, -0.05) is 42.5 Å². The van der Waals surface area contributed by atoms with Crippen molar-refractivity contribution in [2.45, 2.75) is 19.6 Å². The highest BCUT2D eigenvalue weighted by Crippen LogP contribution is 2.16. The summed E-state index contributed by atoms with van der Waals surface area (Å²) in [4.78, 5) is 15.3. The monoisotopic (exact) mass is 354 g/mol. The van der Waals surface area contributed by atoms with Crippen LogP contribution in [0.15, 0.2) is 54.6 Å². The van der Waals surface area contributed by atoms with Gasteiger partial charge < -0.3 is 14.7 Å². The molecule has 0 spiro atoms. The Morgan fingerprint density at radius 2 is 1.54 bits per heavy atom. The van der Waals surface area contributed by atoms with E-state index in [1.165, 1.54) is 5.56 Å². The van der Waals surface area contributed by atoms with Gasteiger partial charge in [0.05, 0.1) is 6.42 Å². The smallest absolute Gasteiger partial charge is 0.304 e. The van der Waals surface area contributed by atoms with Crippen LogP contribution >= 0.6 is 0 Å². The van der Waals surface area contributed by atoms with Crippen molar-refractivity contribution in [1.29, 1.82) is 0 Å². The second-order valence-corrected chi connectivity index (χ2v) is 6.68. The molecule has 3 rings (SSSR count). The van der Waals surface area contributed by atoms with Gasteiger partial charge in [0.15, 0.2) is 0 Å². The van der Waals surface area contributed by atoms with Crippen LogP contribution in [0.25, 0.3) is 0 Å². The molecule has 1 aliphatic heterocycles. The summed E-state index contributed by atoms with van der Waals surface area (Å²) in [6.07, 6.45) is 0.227. The Bertz CT molecular complexity index is 680. The van der Waals surface area contributed by atoms with Crippen LogP contribution in [0.1, 0.15) is 17.5 Å². The van der Waals surface area contributed by atoms with E-state index in [-0.39, 0.29) is 6.42 Å². The molecular weight excluding hydrogens is 328 g/mol. The van der Waals surface area contributed by atoms with E-state index < -0.39 is 5.97 Å². The first-order chi connectivity index (χ1) is 12.7. The Balaban J connectivity index is 1.41. The molecule has 26 heavy (non-hydrogen) atoms. The summed E-state index contributed by atoms with van der Waals surface area (Å²) in [6, 6.07) is 18.5. The lowest BCUT2D eigenvalue weighted by Gasteiger charge is -2.34. The van der Waals surface area contributed by atoms with Crippen molar-refractivity contribution in [2.75, 3.05) is 32.7 Å². The maximum Gasteiger partial charge on any atom is 0.304 e. The molecule has 1 N–H and O–H groups in total. The topological polar surface area (TPSA) is 53.0 Å². The first-order valence-corrected chi connectivity index (χ1v) is 9.11. The van der Waals surface area contributed by atoms with Crippen molar-refractivity contribution in [1.82, 2.24) is 9.80 Å². The van der Waals surface area contributed by atoms with Crippen LogP contribution in [0.2, 0.25) is 0 Å². The molecule has 1 fully saturated rings. The number of carbonyl (C=O) groups is 1. The highest BCUT2D eigenvalue weighted by Gasteiger charge is 2.17. The summed E-state index contributed by atoms with van der Waals surface area (Å²) in [7, 11) is 0. The third-order valence-electron chi connectivity index (χ3n) is 4.68. The second-order valence-electron chi connectivity index (χ2n) is 6.68. The first kappa shape index (κ1) is 18.4. The number of carboxylic acid groups (broad SMARTS) is 1. The quantitative estimate of drug-likeness (QED) is 0.790. The molecule has 5 nitrogen and oxygen atoms in total. The predicted molar refractivity (Wildman–Crippen MR) is 101 cm³/mol. The van der Waals surface area contributed by atoms with E-state index in [1.807, 2.05) is 30.3 Å². The highest BCUT2D eigenvalue weighted by molar-refractivity contribution is 5.66. The van der Waals surface area contributed by atoms with E-state index in [9.17, 15) is 4.79 Å². The van der Waals surface area contributed by atoms with E-state index in [4.69, 9.17) is 9.84 Å². The summed E-state index contributed by atoms with van der Waals surface area (Å²) >= 11 is 0. The second kappa shape index (κ2) is 9.36. The lowest BCUT2D eigenvalue weighted by molar-refractivity contribution is -0.137. The van der Waals surface area contributed by atoms with Gasteiger partial charge in [0.1, 0.15) is 12.4 Å². The highest BCUT2D eigenvalue weighted by atomic mass is 16.5. The normalized spacial score (nSPS) is 15.7. The Labute approximate surface area is 154 Å². The molecule has 2 aromatic carbocycles. The fourth-order valence-electron chi connectivity index (χ4n) is 3.11. The van der Waals surface area contributed by atoms with Crippen molar-refractivity contribution in [2.24, 2.45) is 0 Å². The van der Waals surface area contributed by atoms with E-state index in [1.54, 1.807) is 0 Å². The maximum absolute atomic E-state index is 10.7. The predicted octanol–water partition coefficient (Wildman–Crippen LogP) is 2.86. The standard InChI is InChI=1S/C21H26N2O3/c24-21(25)10-11-22-12-14-23(15-13-22)16-18-6-8-20(9-7-18)26-17-19-4-2-1-3-5-19/h1-9H,10-17H2,(H,24,25). The van der Waals surface area contributed by atoms with Crippen LogP contribution in [0.4, 0.5) is 0 Å². The van der Waals surface area contributed by atoms with Crippen LogP contribution in [-0.4, -0.2) is 53.6 Å². The number of carboxylic acids is 1. The lowest BCUT2D eigenvalue weighted by atomic mass is 10.2. The van der Waals surface area contributed by atoms with Crippen LogP contribution in [0, 0.1) is 0 Å². The van der Waals surface area contributed by atoms with E-state index in [2.05, 4.69) is 34.1 Å². The minimum Gasteiger partial charge on any atom is -0.489 e. The number of rotatable bonds is 8. The number of aliphatic carboxylic acids is 1. The fraction of sp³-hybridized carbons (Fsp3) is 0.381. The number of benzene rings is 2. The molecule has 0 atom stereocenters. The van der Waals surface area contributed by atoms with Gasteiger partial charge in [0, 0.05) is 39.3 Å². The van der Waals surface area contributed by atoms with Crippen molar-refractivity contribution >= 4 is 5.97 Å². The molecule has 0 aromatic heterocycles. The van der Waals surface area contributed by atoms with Crippen LogP contribution in [0.5, 0.6) is 5.75 Å². The molecule has 2 aromatic rings. The zero-order valence-corrected chi connectivity index (χ0v) is 15.0. The van der Waals surface area contributed by atoms with Crippen LogP contribution in [-0.2, 0) is 17.9 Å². The largest absolute Gasteiger partial charge is 0.489 e. The molecule has 0 saturated carbocycles. The molecule has 0 radical (unpaired) electrons. The first-order valence-electron chi connectivity index (χ1n) is 9.11. The zero-order valence-electron chi connectivity index (χ0n) is 15.0. The Kier molecular flexibility index (Phi) is 6.63. The number of hydrogen-bond donors (Lipinski definition) is 1. The van der Waals surface area contributed by atoms with Gasteiger partial charge in [-0.15, -0.1) is 0 Å². The third kappa shape index (κ3) is 5.86. The lowest BCUT2D eigenvalue weighted by Crippen LogP contribution is -2.46. The third-order valence-corrected chi connectivity index (χ3v) is 4.68. The average molecular weight is 354 g/mol. The average Bonchev–Trinajstić information content (AvgIpc) is 2.68. The van der Waals surface area contributed by atoms with Crippen molar-refractivity contribution in [3.05, 3.63) is 65.7 Å². The molecule has 138 valence electrons. The minimum absolute atomic E-state index is 0.227. The fourth-order valence-corrected chi connectivity index (χ4v) is 3.11. The van der Waals surface area contributed by atoms with Crippen molar-refractivity contribution in [3.8, 4) is 5.75 Å². The molecule has 0 bridgehead atoms. The van der Waals surface area contributed by atoms with E-state index in [0.717, 1.165) is 44.0 Å². The molecule has 1 saturated heterocycles. The molecule has 1 heterocycles. The molecular formula is C21H26N2O3. The van der Waals surface area contributed by atoms with Gasteiger partial charge >= 0.3 is 5.97 Å². The molecule has 1 aliphatic rings. The summed E-state index contributed by atoms with van der Waals surface area (Å²) in [6.45, 7) is 5.98. The van der Waals surface area contributed by atoms with Gasteiger partial charge in [0.2, 0.25) is 0 Å². The van der Waals surface area contributed by atoms with Gasteiger partial charge in [0.25, 0.3) is 0 Å². The Morgan fingerprint density at radius 1 is 0.885 bits per heavy atom. The molecule has 0 aliphatic carbocycles. The van der Waals surface area contributed by atoms with Gasteiger partial charge in [-0.25, -0.2) is 0 Å². The number of ether oxygens (including phenoxy) is 1. The molecule has 0 unspecified atom stereocenters. The van der Waals surface area contributed by atoms with Crippen LogP contribution < -0.4 is 4.74 Å². The summed E-state index contributed by atoms with van der Waals surface area (Å²) in [5.74, 6) is 0.165. The van der Waals surface area contributed by atoms with Crippen molar-refractivity contribution < 1.29 is 14.6 Å². The number of piperazine rings is 1. The van der Waals surface area contributed by atoms with Gasteiger partial charge in [-0.3, -0.25) is 9.69 Å². The minimum atomic E-state index is -0.720. The Hall–Kier alpha value is -2.37. The number of nitrogens with zero attached hydrogens (tertiary/aromatic N) is 2. The van der Waals surface area contributed by atoms with E-state index in [0.29, 0.717) is 13.2 Å². The molecule has 5 heteroatoms. The number of hydrogen-bond acceptors (Lipinski definition) is 4. The van der Waals surface area contributed by atoms with E-state index >= 15 is 0 Å². The maximum atomic E-state index is 10.7.